The van der Waals surface area contributed by atoms with Crippen molar-refractivity contribution in [3.63, 3.8) is 0 Å². The molecule has 0 aliphatic carbocycles. The van der Waals surface area contributed by atoms with Gasteiger partial charge in [-0.1, -0.05) is 43.7 Å². The van der Waals surface area contributed by atoms with E-state index in [1.165, 1.54) is 5.56 Å². The highest BCUT2D eigenvalue weighted by molar-refractivity contribution is 5.74. The maximum absolute atomic E-state index is 11.9. The molecule has 0 saturated carbocycles. The van der Waals surface area contributed by atoms with Gasteiger partial charge in [0.1, 0.15) is 0 Å². The van der Waals surface area contributed by atoms with Crippen molar-refractivity contribution in [1.82, 2.24) is 15.5 Å². The summed E-state index contributed by atoms with van der Waals surface area (Å²) in [6.45, 7) is 6.31. The van der Waals surface area contributed by atoms with Crippen LogP contribution < -0.4 is 10.6 Å². The van der Waals surface area contributed by atoms with Crippen LogP contribution in [0.2, 0.25) is 0 Å². The molecule has 23 heavy (non-hydrogen) atoms. The first kappa shape index (κ1) is 17.8. The SMILES string of the molecule is CCCC(O)CNC(=O)NC1CC(C)N(Cc2ccccc2)C1. The second-order valence-electron chi connectivity index (χ2n) is 6.49. The summed E-state index contributed by atoms with van der Waals surface area (Å²) in [6.07, 6.45) is 2.13. The Labute approximate surface area is 139 Å². The molecule has 2 rings (SSSR count). The summed E-state index contributed by atoms with van der Waals surface area (Å²) in [4.78, 5) is 14.3. The Morgan fingerprint density at radius 3 is 2.83 bits per heavy atom. The highest BCUT2D eigenvalue weighted by atomic mass is 16.3. The summed E-state index contributed by atoms with van der Waals surface area (Å²) in [5.74, 6) is 0. The number of rotatable bonds is 7. The van der Waals surface area contributed by atoms with Gasteiger partial charge in [0.2, 0.25) is 0 Å². The summed E-state index contributed by atoms with van der Waals surface area (Å²) in [5.41, 5.74) is 1.30. The fourth-order valence-corrected chi connectivity index (χ4v) is 3.12. The zero-order chi connectivity index (χ0) is 16.7. The van der Waals surface area contributed by atoms with Gasteiger partial charge in [0.05, 0.1) is 6.10 Å². The molecule has 0 aromatic heterocycles. The van der Waals surface area contributed by atoms with E-state index in [-0.39, 0.29) is 12.1 Å². The Bertz CT molecular complexity index is 480. The van der Waals surface area contributed by atoms with E-state index in [2.05, 4.69) is 46.7 Å². The third-order valence-electron chi connectivity index (χ3n) is 4.39. The van der Waals surface area contributed by atoms with E-state index in [0.717, 1.165) is 25.9 Å². The smallest absolute Gasteiger partial charge is 0.315 e. The molecule has 3 atom stereocenters. The normalized spacial score (nSPS) is 22.7. The lowest BCUT2D eigenvalue weighted by Crippen LogP contribution is -2.45. The van der Waals surface area contributed by atoms with Crippen LogP contribution >= 0.6 is 0 Å². The van der Waals surface area contributed by atoms with Crippen LogP contribution in [0, 0.1) is 0 Å². The number of aliphatic hydroxyl groups excluding tert-OH is 1. The molecule has 3 N–H and O–H groups in total. The Kier molecular flexibility index (Phi) is 6.86. The number of aliphatic hydroxyl groups is 1. The molecule has 3 unspecified atom stereocenters. The van der Waals surface area contributed by atoms with Gasteiger partial charge in [-0.15, -0.1) is 0 Å². The molecule has 1 saturated heterocycles. The predicted octanol–water partition coefficient (Wildman–Crippen LogP) is 2.11. The molecule has 0 bridgehead atoms. The fraction of sp³-hybridized carbons (Fsp3) is 0.611. The number of benzene rings is 1. The van der Waals surface area contributed by atoms with Crippen molar-refractivity contribution in [2.75, 3.05) is 13.1 Å². The van der Waals surface area contributed by atoms with Crippen LogP contribution in [0.5, 0.6) is 0 Å². The number of carbonyl (C=O) groups is 1. The first-order valence-corrected chi connectivity index (χ1v) is 8.59. The van der Waals surface area contributed by atoms with E-state index < -0.39 is 6.10 Å². The van der Waals surface area contributed by atoms with Gasteiger partial charge in [0.25, 0.3) is 0 Å². The van der Waals surface area contributed by atoms with E-state index in [1.54, 1.807) is 0 Å². The highest BCUT2D eigenvalue weighted by Gasteiger charge is 2.29. The third kappa shape index (κ3) is 5.84. The van der Waals surface area contributed by atoms with Crippen molar-refractivity contribution < 1.29 is 9.90 Å². The number of hydrogen-bond acceptors (Lipinski definition) is 3. The number of hydrogen-bond donors (Lipinski definition) is 3. The number of urea groups is 1. The molecule has 1 aliphatic rings. The van der Waals surface area contributed by atoms with Crippen molar-refractivity contribution >= 4 is 6.03 Å². The van der Waals surface area contributed by atoms with Crippen molar-refractivity contribution in [3.05, 3.63) is 35.9 Å². The van der Waals surface area contributed by atoms with Crippen LogP contribution in [0.15, 0.2) is 30.3 Å². The van der Waals surface area contributed by atoms with Crippen molar-refractivity contribution in [2.45, 2.75) is 57.8 Å². The van der Waals surface area contributed by atoms with E-state index in [9.17, 15) is 9.90 Å². The molecule has 1 aromatic carbocycles. The molecule has 5 heteroatoms. The van der Waals surface area contributed by atoms with E-state index in [4.69, 9.17) is 0 Å². The predicted molar refractivity (Wildman–Crippen MR) is 92.2 cm³/mol. The Hall–Kier alpha value is -1.59. The zero-order valence-electron chi connectivity index (χ0n) is 14.2. The van der Waals surface area contributed by atoms with Gasteiger partial charge < -0.3 is 15.7 Å². The Morgan fingerprint density at radius 1 is 1.39 bits per heavy atom. The van der Waals surface area contributed by atoms with E-state index in [0.29, 0.717) is 19.0 Å². The topological polar surface area (TPSA) is 64.6 Å². The number of nitrogens with zero attached hydrogens (tertiary/aromatic N) is 1. The second kappa shape index (κ2) is 8.89. The van der Waals surface area contributed by atoms with E-state index in [1.807, 2.05) is 13.0 Å². The molecule has 2 amide bonds. The van der Waals surface area contributed by atoms with E-state index >= 15 is 0 Å². The third-order valence-corrected chi connectivity index (χ3v) is 4.39. The number of nitrogens with one attached hydrogen (secondary N) is 2. The van der Waals surface area contributed by atoms with Crippen LogP contribution in [-0.2, 0) is 6.54 Å². The summed E-state index contributed by atoms with van der Waals surface area (Å²) in [7, 11) is 0. The van der Waals surface area contributed by atoms with Crippen molar-refractivity contribution in [3.8, 4) is 0 Å². The quantitative estimate of drug-likeness (QED) is 0.721. The maximum atomic E-state index is 11.9. The van der Waals surface area contributed by atoms with Gasteiger partial charge in [0.15, 0.2) is 0 Å². The standard InChI is InChI=1S/C18H29N3O2/c1-3-7-17(22)11-19-18(23)20-16-10-14(2)21(13-16)12-15-8-5-4-6-9-15/h4-6,8-9,14,16-17,22H,3,7,10-13H2,1-2H3,(H2,19,20,23). The van der Waals surface area contributed by atoms with Crippen LogP contribution in [0.1, 0.15) is 38.7 Å². The number of carbonyl (C=O) groups excluding carboxylic acids is 1. The molecule has 1 aliphatic heterocycles. The molecule has 0 radical (unpaired) electrons. The molecule has 0 spiro atoms. The molecule has 5 nitrogen and oxygen atoms in total. The molecular formula is C18H29N3O2. The van der Waals surface area contributed by atoms with Gasteiger partial charge in [-0.3, -0.25) is 4.90 Å². The molecule has 1 heterocycles. The highest BCUT2D eigenvalue weighted by Crippen LogP contribution is 2.20. The fourth-order valence-electron chi connectivity index (χ4n) is 3.12. The minimum Gasteiger partial charge on any atom is -0.391 e. The molecule has 1 aromatic rings. The molecule has 1 fully saturated rings. The number of amides is 2. The summed E-state index contributed by atoms with van der Waals surface area (Å²) < 4.78 is 0. The van der Waals surface area contributed by atoms with Gasteiger partial charge in [-0.05, 0) is 25.3 Å². The maximum Gasteiger partial charge on any atom is 0.315 e. The van der Waals surface area contributed by atoms with Gasteiger partial charge in [-0.2, -0.15) is 0 Å². The lowest BCUT2D eigenvalue weighted by Gasteiger charge is -2.21. The van der Waals surface area contributed by atoms with Crippen molar-refractivity contribution in [1.29, 1.82) is 0 Å². The average Bonchev–Trinajstić information content (AvgIpc) is 2.86. The van der Waals surface area contributed by atoms with Crippen LogP contribution in [0.4, 0.5) is 4.79 Å². The van der Waals surface area contributed by atoms with Crippen LogP contribution in [0.25, 0.3) is 0 Å². The molecule has 128 valence electrons. The summed E-state index contributed by atoms with van der Waals surface area (Å²) in [5, 5.41) is 15.4. The first-order chi connectivity index (χ1) is 11.1. The summed E-state index contributed by atoms with van der Waals surface area (Å²) >= 11 is 0. The lowest BCUT2D eigenvalue weighted by molar-refractivity contribution is 0.160. The van der Waals surface area contributed by atoms with Crippen molar-refractivity contribution in [2.24, 2.45) is 0 Å². The minimum atomic E-state index is -0.456. The van der Waals surface area contributed by atoms with Gasteiger partial charge >= 0.3 is 6.03 Å². The Balaban J connectivity index is 1.74. The summed E-state index contributed by atoms with van der Waals surface area (Å²) in [6, 6.07) is 10.8. The first-order valence-electron chi connectivity index (χ1n) is 8.59. The minimum absolute atomic E-state index is 0.164. The van der Waals surface area contributed by atoms with Crippen LogP contribution in [-0.4, -0.2) is 47.3 Å². The molecular weight excluding hydrogens is 290 g/mol. The van der Waals surface area contributed by atoms with Crippen LogP contribution in [0.3, 0.4) is 0 Å². The lowest BCUT2D eigenvalue weighted by atomic mass is 10.2. The monoisotopic (exact) mass is 319 g/mol. The Morgan fingerprint density at radius 2 is 2.13 bits per heavy atom. The largest absolute Gasteiger partial charge is 0.391 e. The zero-order valence-corrected chi connectivity index (χ0v) is 14.2. The average molecular weight is 319 g/mol. The second-order valence-corrected chi connectivity index (χ2v) is 6.49. The van der Waals surface area contributed by atoms with Gasteiger partial charge in [-0.25, -0.2) is 4.79 Å². The number of likely N-dealkylation sites (tertiary alicyclic amines) is 1. The van der Waals surface area contributed by atoms with Gasteiger partial charge in [0, 0.05) is 31.7 Å².